The number of likely N-dealkylation sites (N-methyl/N-ethyl adjacent to an activating group) is 1. The second kappa shape index (κ2) is 11.7. The third kappa shape index (κ3) is 5.30. The van der Waals surface area contributed by atoms with E-state index in [-0.39, 0.29) is 16.7 Å². The van der Waals surface area contributed by atoms with Gasteiger partial charge in [-0.3, -0.25) is 13.9 Å². The number of anilines is 2. The first-order valence-corrected chi connectivity index (χ1v) is 15.6. The SMILES string of the molecule is CCN(CC)CCNC(=O)c1c(C)[nH]c(/C=C2\C(=O)Nc3ccc(S(=O)(=O)N4CCc5cc(OC)ccc54)cc32)c1C. The molecule has 222 valence electrons. The molecule has 2 aliphatic heterocycles. The summed E-state index contributed by atoms with van der Waals surface area (Å²) in [6, 6.07) is 10.0. The standard InChI is InChI=1S/C31H37N5O5S/c1-6-35(7-2)15-13-32-31(38)29-19(3)27(33-20(29)4)18-25-24-17-23(9-10-26(24)34-30(25)37)42(39,40)36-14-12-21-16-22(41-5)8-11-28(21)36/h8-11,16-18,33H,6-7,12-15H2,1-5H3,(H,32,38)(H,34,37)/b25-18-. The first kappa shape index (κ1) is 29.4. The van der Waals surface area contributed by atoms with E-state index in [1.165, 1.54) is 10.4 Å². The van der Waals surface area contributed by atoms with Gasteiger partial charge in [-0.25, -0.2) is 8.42 Å². The van der Waals surface area contributed by atoms with Crippen molar-refractivity contribution in [1.29, 1.82) is 0 Å². The van der Waals surface area contributed by atoms with Crippen molar-refractivity contribution in [2.45, 2.75) is 39.0 Å². The molecule has 0 unspecified atom stereocenters. The number of fused-ring (bicyclic) bond motifs is 2. The summed E-state index contributed by atoms with van der Waals surface area (Å²) in [7, 11) is -2.31. The van der Waals surface area contributed by atoms with Crippen LogP contribution in [0.3, 0.4) is 0 Å². The average Bonchev–Trinajstić information content (AvgIpc) is 3.63. The fraction of sp³-hybridized carbons (Fsp3) is 0.355. The summed E-state index contributed by atoms with van der Waals surface area (Å²) in [5.74, 6) is 0.168. The number of aryl methyl sites for hydroxylation is 1. The maximum Gasteiger partial charge on any atom is 0.264 e. The van der Waals surface area contributed by atoms with Gasteiger partial charge in [0.15, 0.2) is 0 Å². The summed E-state index contributed by atoms with van der Waals surface area (Å²) < 4.78 is 34.2. The Kier molecular flexibility index (Phi) is 8.16. The zero-order valence-corrected chi connectivity index (χ0v) is 25.4. The average molecular weight is 592 g/mol. The van der Waals surface area contributed by atoms with Crippen LogP contribution in [-0.2, 0) is 21.2 Å². The number of carbonyl (C=O) groups is 2. The Morgan fingerprint density at radius 1 is 1.14 bits per heavy atom. The van der Waals surface area contributed by atoms with Crippen LogP contribution in [0.15, 0.2) is 41.3 Å². The zero-order valence-electron chi connectivity index (χ0n) is 24.6. The summed E-state index contributed by atoms with van der Waals surface area (Å²) in [5.41, 5.74) is 5.46. The van der Waals surface area contributed by atoms with Gasteiger partial charge in [0.05, 0.1) is 28.8 Å². The van der Waals surface area contributed by atoms with E-state index in [9.17, 15) is 18.0 Å². The molecule has 3 heterocycles. The molecule has 2 amide bonds. The van der Waals surface area contributed by atoms with Crippen LogP contribution in [-0.4, -0.2) is 69.9 Å². The Hall–Kier alpha value is -4.09. The van der Waals surface area contributed by atoms with Crippen molar-refractivity contribution in [3.63, 3.8) is 0 Å². The van der Waals surface area contributed by atoms with Gasteiger partial charge in [0.1, 0.15) is 5.75 Å². The lowest BCUT2D eigenvalue weighted by atomic mass is 10.0. The number of H-pyrrole nitrogens is 1. The number of hydrogen-bond donors (Lipinski definition) is 3. The molecule has 0 saturated heterocycles. The predicted molar refractivity (Wildman–Crippen MR) is 165 cm³/mol. The molecule has 42 heavy (non-hydrogen) atoms. The second-order valence-corrected chi connectivity index (χ2v) is 12.4. The Labute approximate surface area is 246 Å². The number of rotatable bonds is 10. The van der Waals surface area contributed by atoms with E-state index < -0.39 is 10.0 Å². The van der Waals surface area contributed by atoms with Gasteiger partial charge < -0.3 is 25.3 Å². The maximum atomic E-state index is 13.8. The number of methoxy groups -OCH3 is 1. The van der Waals surface area contributed by atoms with Crippen LogP contribution in [0.5, 0.6) is 5.75 Å². The van der Waals surface area contributed by atoms with Crippen LogP contribution in [0.1, 0.15) is 52.3 Å². The topological polar surface area (TPSA) is 124 Å². The minimum atomic E-state index is -3.89. The van der Waals surface area contributed by atoms with Crippen LogP contribution >= 0.6 is 0 Å². The van der Waals surface area contributed by atoms with E-state index in [0.29, 0.717) is 64.7 Å². The van der Waals surface area contributed by atoms with Crippen molar-refractivity contribution < 1.29 is 22.7 Å². The third-order valence-electron chi connectivity index (χ3n) is 8.10. The van der Waals surface area contributed by atoms with Gasteiger partial charge in [-0.05, 0) is 87.0 Å². The molecule has 0 aliphatic carbocycles. The van der Waals surface area contributed by atoms with Gasteiger partial charge in [-0.15, -0.1) is 0 Å². The quantitative estimate of drug-likeness (QED) is 0.307. The van der Waals surface area contributed by atoms with Crippen LogP contribution in [0.4, 0.5) is 11.4 Å². The molecule has 2 aliphatic rings. The van der Waals surface area contributed by atoms with E-state index in [0.717, 1.165) is 30.8 Å². The van der Waals surface area contributed by atoms with E-state index >= 15 is 0 Å². The van der Waals surface area contributed by atoms with Crippen LogP contribution in [0.2, 0.25) is 0 Å². The lowest BCUT2D eigenvalue weighted by molar-refractivity contribution is -0.110. The minimum absolute atomic E-state index is 0.0972. The van der Waals surface area contributed by atoms with Gasteiger partial charge in [-0.2, -0.15) is 0 Å². The van der Waals surface area contributed by atoms with E-state index in [4.69, 9.17) is 4.74 Å². The highest BCUT2D eigenvalue weighted by molar-refractivity contribution is 7.92. The van der Waals surface area contributed by atoms with Crippen LogP contribution in [0.25, 0.3) is 11.6 Å². The molecule has 0 bridgehead atoms. The monoisotopic (exact) mass is 591 g/mol. The number of nitrogens with one attached hydrogen (secondary N) is 3. The lowest BCUT2D eigenvalue weighted by Crippen LogP contribution is -2.35. The predicted octanol–water partition coefficient (Wildman–Crippen LogP) is 3.96. The van der Waals surface area contributed by atoms with E-state index in [1.54, 1.807) is 37.5 Å². The summed E-state index contributed by atoms with van der Waals surface area (Å²) in [5, 5.41) is 5.83. The lowest BCUT2D eigenvalue weighted by Gasteiger charge is -2.20. The molecular weight excluding hydrogens is 554 g/mol. The van der Waals surface area contributed by atoms with Gasteiger partial charge in [0, 0.05) is 42.3 Å². The van der Waals surface area contributed by atoms with Crippen molar-refractivity contribution in [1.82, 2.24) is 15.2 Å². The van der Waals surface area contributed by atoms with Gasteiger partial charge >= 0.3 is 0 Å². The van der Waals surface area contributed by atoms with Crippen molar-refractivity contribution >= 4 is 44.9 Å². The Bertz CT molecular complexity index is 1690. The summed E-state index contributed by atoms with van der Waals surface area (Å²) >= 11 is 0. The Balaban J connectivity index is 1.43. The van der Waals surface area contributed by atoms with E-state index in [2.05, 4.69) is 34.4 Å². The highest BCUT2D eigenvalue weighted by atomic mass is 32.2. The van der Waals surface area contributed by atoms with Crippen molar-refractivity contribution in [2.24, 2.45) is 0 Å². The molecule has 0 spiro atoms. The molecule has 10 nitrogen and oxygen atoms in total. The first-order chi connectivity index (χ1) is 20.1. The number of ether oxygens (including phenoxy) is 1. The molecule has 3 aromatic rings. The zero-order chi connectivity index (χ0) is 30.2. The first-order valence-electron chi connectivity index (χ1n) is 14.2. The van der Waals surface area contributed by atoms with Crippen LogP contribution < -0.4 is 19.7 Å². The normalized spacial score (nSPS) is 15.2. The molecule has 1 aromatic heterocycles. The molecule has 2 aromatic carbocycles. The minimum Gasteiger partial charge on any atom is -0.497 e. The fourth-order valence-corrected chi connectivity index (χ4v) is 7.21. The number of nitrogens with zero attached hydrogens (tertiary/aromatic N) is 2. The number of aromatic amines is 1. The second-order valence-electron chi connectivity index (χ2n) is 10.5. The Morgan fingerprint density at radius 2 is 1.90 bits per heavy atom. The van der Waals surface area contributed by atoms with Crippen molar-refractivity contribution in [3.8, 4) is 5.75 Å². The number of carbonyl (C=O) groups excluding carboxylic acids is 2. The molecule has 0 saturated carbocycles. The van der Waals surface area contributed by atoms with Crippen molar-refractivity contribution in [2.75, 3.05) is 49.5 Å². The molecular formula is C31H37N5O5S. The molecule has 0 atom stereocenters. The highest BCUT2D eigenvalue weighted by Crippen LogP contribution is 2.39. The van der Waals surface area contributed by atoms with Gasteiger partial charge in [0.2, 0.25) is 0 Å². The molecule has 0 fully saturated rings. The van der Waals surface area contributed by atoms with Crippen molar-refractivity contribution in [3.05, 3.63) is 70.0 Å². The summed E-state index contributed by atoms with van der Waals surface area (Å²) in [4.78, 5) is 31.6. The number of aromatic nitrogens is 1. The largest absolute Gasteiger partial charge is 0.497 e. The van der Waals surface area contributed by atoms with Gasteiger partial charge in [-0.1, -0.05) is 13.8 Å². The molecule has 0 radical (unpaired) electrons. The smallest absolute Gasteiger partial charge is 0.264 e. The highest BCUT2D eigenvalue weighted by Gasteiger charge is 2.33. The fourth-order valence-electron chi connectivity index (χ4n) is 5.68. The number of amides is 2. The maximum absolute atomic E-state index is 13.8. The summed E-state index contributed by atoms with van der Waals surface area (Å²) in [6.07, 6.45) is 2.27. The molecule has 5 rings (SSSR count). The number of hydrogen-bond acceptors (Lipinski definition) is 6. The van der Waals surface area contributed by atoms with E-state index in [1.807, 2.05) is 19.9 Å². The summed E-state index contributed by atoms with van der Waals surface area (Å²) in [6.45, 7) is 11.3. The molecule has 3 N–H and O–H groups in total. The number of benzene rings is 2. The number of sulfonamides is 1. The Morgan fingerprint density at radius 3 is 2.62 bits per heavy atom. The third-order valence-corrected chi connectivity index (χ3v) is 9.91. The van der Waals surface area contributed by atoms with Crippen LogP contribution in [0, 0.1) is 13.8 Å². The molecule has 11 heteroatoms. The van der Waals surface area contributed by atoms with Gasteiger partial charge in [0.25, 0.3) is 21.8 Å².